The predicted molar refractivity (Wildman–Crippen MR) is 230 cm³/mol. The van der Waals surface area contributed by atoms with Gasteiger partial charge >= 0.3 is 30.0 Å². The number of carbonyl (C=O) groups is 8. The fraction of sp³-hybridized carbons (Fsp3) is 0.822. The number of rotatable bonds is 25. The zero-order valence-electron chi connectivity index (χ0n) is 40.9. The molecule has 2 aliphatic rings. The van der Waals surface area contributed by atoms with Gasteiger partial charge in [0.05, 0.1) is 67.9 Å². The molecule has 0 saturated carbocycles. The van der Waals surface area contributed by atoms with Crippen LogP contribution in [0.2, 0.25) is 0 Å². The summed E-state index contributed by atoms with van der Waals surface area (Å²) >= 11 is 0. The molecule has 2 aliphatic heterocycles. The van der Waals surface area contributed by atoms with E-state index in [1.54, 1.807) is 83.1 Å². The van der Waals surface area contributed by atoms with Crippen molar-refractivity contribution in [2.24, 2.45) is 21.7 Å². The molecule has 3 amide bonds. The minimum Gasteiger partial charge on any atom is -0.462 e. The van der Waals surface area contributed by atoms with Gasteiger partial charge in [-0.2, -0.15) is 0 Å². The summed E-state index contributed by atoms with van der Waals surface area (Å²) in [6, 6.07) is -1.33. The summed E-state index contributed by atoms with van der Waals surface area (Å²) in [5.74, 6) is -4.32. The number of carbonyl (C=O) groups excluding carboxylic acids is 8. The summed E-state index contributed by atoms with van der Waals surface area (Å²) in [6.45, 7) is 21.4. The molecule has 2 rings (SSSR count). The molecule has 378 valence electrons. The smallest absolute Gasteiger partial charge is 0.462 e. The van der Waals surface area contributed by atoms with Crippen molar-refractivity contribution >= 4 is 47.8 Å². The van der Waals surface area contributed by atoms with E-state index in [9.17, 15) is 38.4 Å². The van der Waals surface area contributed by atoms with Gasteiger partial charge in [-0.15, -0.1) is 0 Å². The number of ether oxygens (including phenoxy) is 10. The molecule has 2 heterocycles. The topological polar surface area (TPSA) is 253 Å². The zero-order valence-corrected chi connectivity index (χ0v) is 40.9. The maximum atomic E-state index is 13.6. The van der Waals surface area contributed by atoms with Crippen molar-refractivity contribution in [3.8, 4) is 0 Å². The average Bonchev–Trinajstić information content (AvgIpc) is 3.51. The fourth-order valence-electron chi connectivity index (χ4n) is 5.46. The summed E-state index contributed by atoms with van der Waals surface area (Å²) in [5.41, 5.74) is -3.97. The molecular weight excluding hydrogens is 872 g/mol. The van der Waals surface area contributed by atoms with E-state index < -0.39 is 107 Å². The maximum Gasteiger partial charge on any atom is 0.534 e. The number of imide groups is 1. The lowest BCUT2D eigenvalue weighted by molar-refractivity contribution is -0.277. The highest BCUT2D eigenvalue weighted by Crippen LogP contribution is 2.33. The van der Waals surface area contributed by atoms with Gasteiger partial charge in [-0.1, -0.05) is 11.5 Å². The first kappa shape index (κ1) is 57.7. The molecule has 1 N–H and O–H groups in total. The zero-order chi connectivity index (χ0) is 49.9. The van der Waals surface area contributed by atoms with Crippen LogP contribution in [0, 0.1) is 21.7 Å². The Kier molecular flexibility index (Phi) is 23.4. The summed E-state index contributed by atoms with van der Waals surface area (Å²) in [7, 11) is 0. The number of hydroxylamine groups is 2. The SMILES string of the molecule is CC(C)(C)C(=O)OCC1OC(OC(=O)C(C)(C)C)C(NC(=O)CCCCCOCCOCCOCCOCCOC(=O)ON2C(=O)CCC2=O)C(OC(=O)C(C)(C)C)C1OC(=O)C(C)(C)C. The first-order chi connectivity index (χ1) is 30.6. The monoisotopic (exact) mass is 946 g/mol. The number of esters is 4. The molecular formula is C45H74N2O19. The maximum absolute atomic E-state index is 13.6. The highest BCUT2D eigenvalue weighted by Gasteiger charge is 2.54. The molecule has 5 unspecified atom stereocenters. The van der Waals surface area contributed by atoms with E-state index >= 15 is 0 Å². The van der Waals surface area contributed by atoms with E-state index in [4.69, 9.17) is 47.4 Å². The number of hydrogen-bond acceptors (Lipinski definition) is 19. The highest BCUT2D eigenvalue weighted by atomic mass is 16.8. The summed E-state index contributed by atoms with van der Waals surface area (Å²) in [5, 5.41) is 3.23. The molecule has 2 fully saturated rings. The van der Waals surface area contributed by atoms with Crippen LogP contribution >= 0.6 is 0 Å². The molecule has 5 atom stereocenters. The lowest BCUT2D eigenvalue weighted by Crippen LogP contribution is -2.67. The van der Waals surface area contributed by atoms with E-state index in [0.717, 1.165) is 0 Å². The Bertz CT molecular complexity index is 1610. The minimum absolute atomic E-state index is 0.0145. The van der Waals surface area contributed by atoms with Crippen LogP contribution in [0.4, 0.5) is 4.79 Å². The van der Waals surface area contributed by atoms with Crippen LogP contribution in [0.15, 0.2) is 0 Å². The Morgan fingerprint density at radius 2 is 0.985 bits per heavy atom. The minimum atomic E-state index is -1.54. The highest BCUT2D eigenvalue weighted by molar-refractivity contribution is 6.01. The van der Waals surface area contributed by atoms with E-state index in [0.29, 0.717) is 57.4 Å². The first-order valence-electron chi connectivity index (χ1n) is 22.4. The number of amides is 3. The molecule has 0 aromatic rings. The van der Waals surface area contributed by atoms with Gasteiger partial charge in [-0.3, -0.25) is 38.4 Å². The van der Waals surface area contributed by atoms with Gasteiger partial charge in [0.1, 0.15) is 25.4 Å². The standard InChI is InChI=1S/C45H74N2O19/c1-42(2,3)37(51)61-28-29-34(63-38(52)43(4,5)6)35(64-39(53)44(7,8)9)33(36(62-29)65-40(54)45(10,11)12)46-30(48)16-14-13-15-19-56-20-21-57-22-23-58-24-25-59-26-27-60-41(55)66-47-31(49)17-18-32(47)50/h29,33-36H,13-28H2,1-12H3,(H,46,48). The van der Waals surface area contributed by atoms with Crippen LogP contribution in [0.1, 0.15) is 122 Å². The second-order valence-electron chi connectivity index (χ2n) is 19.9. The Morgan fingerprint density at radius 1 is 0.545 bits per heavy atom. The largest absolute Gasteiger partial charge is 0.534 e. The van der Waals surface area contributed by atoms with Gasteiger partial charge < -0.3 is 52.7 Å². The molecule has 0 radical (unpaired) electrons. The van der Waals surface area contributed by atoms with Crippen molar-refractivity contribution in [1.29, 1.82) is 0 Å². The lowest BCUT2D eigenvalue weighted by Gasteiger charge is -2.46. The molecule has 0 aliphatic carbocycles. The number of nitrogens with one attached hydrogen (secondary N) is 1. The summed E-state index contributed by atoms with van der Waals surface area (Å²) < 4.78 is 56.3. The van der Waals surface area contributed by atoms with Crippen LogP contribution < -0.4 is 5.32 Å². The molecule has 0 aromatic heterocycles. The van der Waals surface area contributed by atoms with Gasteiger partial charge in [0.2, 0.25) is 12.2 Å². The van der Waals surface area contributed by atoms with Gasteiger partial charge in [-0.25, -0.2) is 4.79 Å². The molecule has 0 aromatic carbocycles. The van der Waals surface area contributed by atoms with Crippen molar-refractivity contribution in [3.05, 3.63) is 0 Å². The van der Waals surface area contributed by atoms with Gasteiger partial charge in [0, 0.05) is 25.9 Å². The van der Waals surface area contributed by atoms with E-state index in [1.807, 2.05) is 0 Å². The average molecular weight is 947 g/mol. The van der Waals surface area contributed by atoms with E-state index in [1.165, 1.54) is 0 Å². The normalized spacial score (nSPS) is 20.4. The lowest BCUT2D eigenvalue weighted by atomic mass is 9.92. The molecule has 2 saturated heterocycles. The second-order valence-corrected chi connectivity index (χ2v) is 19.9. The summed E-state index contributed by atoms with van der Waals surface area (Å²) in [6.07, 6.45) is -5.09. The van der Waals surface area contributed by atoms with Gasteiger partial charge in [0.15, 0.2) is 12.2 Å². The first-order valence-corrected chi connectivity index (χ1v) is 22.4. The Balaban J connectivity index is 1.87. The van der Waals surface area contributed by atoms with E-state index in [2.05, 4.69) is 10.2 Å². The van der Waals surface area contributed by atoms with Crippen molar-refractivity contribution in [1.82, 2.24) is 10.4 Å². The quantitative estimate of drug-likeness (QED) is 0.0584. The van der Waals surface area contributed by atoms with Crippen molar-refractivity contribution in [2.75, 3.05) is 66.1 Å². The van der Waals surface area contributed by atoms with E-state index in [-0.39, 0.29) is 45.7 Å². The number of nitrogens with zero attached hydrogens (tertiary/aromatic N) is 1. The molecule has 66 heavy (non-hydrogen) atoms. The van der Waals surface area contributed by atoms with Crippen molar-refractivity contribution in [3.63, 3.8) is 0 Å². The van der Waals surface area contributed by atoms with Gasteiger partial charge in [-0.05, 0) is 95.9 Å². The third-order valence-electron chi connectivity index (χ3n) is 9.44. The third-order valence-corrected chi connectivity index (χ3v) is 9.44. The van der Waals surface area contributed by atoms with Crippen molar-refractivity contribution < 1.29 is 90.6 Å². The van der Waals surface area contributed by atoms with Crippen LogP contribution in [0.25, 0.3) is 0 Å². The Morgan fingerprint density at radius 3 is 1.47 bits per heavy atom. The molecule has 21 nitrogen and oxygen atoms in total. The van der Waals surface area contributed by atoms with Crippen LogP contribution in [-0.2, 0) is 85.8 Å². The second kappa shape index (κ2) is 26.8. The third kappa shape index (κ3) is 21.0. The summed E-state index contributed by atoms with van der Waals surface area (Å²) in [4.78, 5) is 106. The van der Waals surface area contributed by atoms with Crippen molar-refractivity contribution in [2.45, 2.75) is 152 Å². The van der Waals surface area contributed by atoms with Crippen LogP contribution in [0.5, 0.6) is 0 Å². The van der Waals surface area contributed by atoms with Crippen LogP contribution in [-0.4, -0.2) is 150 Å². The van der Waals surface area contributed by atoms with Crippen LogP contribution in [0.3, 0.4) is 0 Å². The molecule has 21 heteroatoms. The van der Waals surface area contributed by atoms with Gasteiger partial charge in [0.25, 0.3) is 11.8 Å². The Labute approximate surface area is 388 Å². The number of unbranched alkanes of at least 4 members (excludes halogenated alkanes) is 2. The fourth-order valence-corrected chi connectivity index (χ4v) is 5.46. The molecule has 0 bridgehead atoms. The molecule has 0 spiro atoms. The predicted octanol–water partition coefficient (Wildman–Crippen LogP) is 4.13. The number of hydrogen-bond donors (Lipinski definition) is 1. The Hall–Kier alpha value is -4.44.